The third-order valence-electron chi connectivity index (χ3n) is 3.75. The Balaban J connectivity index is 1.42. The van der Waals surface area contributed by atoms with Crippen molar-refractivity contribution in [2.75, 3.05) is 5.32 Å². The van der Waals surface area contributed by atoms with Crippen molar-refractivity contribution in [3.8, 4) is 10.6 Å². The molecule has 25 heavy (non-hydrogen) atoms. The lowest BCUT2D eigenvalue weighted by molar-refractivity contribution is -0.116. The van der Waals surface area contributed by atoms with E-state index in [4.69, 9.17) is 0 Å². The van der Waals surface area contributed by atoms with Gasteiger partial charge in [0.25, 0.3) is 0 Å². The summed E-state index contributed by atoms with van der Waals surface area (Å²) in [5.74, 6) is 0.551. The second kappa shape index (κ2) is 7.13. The number of nitrogens with one attached hydrogen (secondary N) is 1. The number of benzene rings is 1. The minimum Gasteiger partial charge on any atom is -0.311 e. The van der Waals surface area contributed by atoms with E-state index >= 15 is 0 Å². The largest absolute Gasteiger partial charge is 0.311 e. The molecule has 0 bridgehead atoms. The monoisotopic (exact) mass is 365 g/mol. The van der Waals surface area contributed by atoms with Crippen LogP contribution in [0.1, 0.15) is 11.3 Å². The van der Waals surface area contributed by atoms with Crippen LogP contribution in [0.4, 0.5) is 5.82 Å². The van der Waals surface area contributed by atoms with Gasteiger partial charge in [0, 0.05) is 23.1 Å². The van der Waals surface area contributed by atoms with Gasteiger partial charge in [-0.3, -0.25) is 4.79 Å². The van der Waals surface area contributed by atoms with Crippen molar-refractivity contribution in [2.24, 2.45) is 0 Å². The van der Waals surface area contributed by atoms with Crippen LogP contribution in [0.15, 0.2) is 60.1 Å². The fraction of sp³-hybridized carbons (Fsp3) is 0.105. The molecule has 4 nitrogen and oxygen atoms in total. The molecule has 0 atom stereocenters. The predicted molar refractivity (Wildman–Crippen MR) is 104 cm³/mol. The molecule has 124 valence electrons. The van der Waals surface area contributed by atoms with Gasteiger partial charge in [-0.2, -0.15) is 0 Å². The number of thiazole rings is 1. The zero-order chi connectivity index (χ0) is 17.1. The van der Waals surface area contributed by atoms with Crippen molar-refractivity contribution in [1.29, 1.82) is 0 Å². The van der Waals surface area contributed by atoms with Crippen molar-refractivity contribution < 1.29 is 4.79 Å². The van der Waals surface area contributed by atoms with Gasteiger partial charge in [0.2, 0.25) is 5.91 Å². The highest BCUT2D eigenvalue weighted by molar-refractivity contribution is 7.21. The summed E-state index contributed by atoms with van der Waals surface area (Å²) in [5.41, 5.74) is 1.95. The second-order valence-corrected chi connectivity index (χ2v) is 7.61. The number of nitrogens with zero attached hydrogens (tertiary/aromatic N) is 2. The number of fused-ring (bicyclic) bond motifs is 1. The number of anilines is 1. The number of carbonyl (C=O) groups excluding carboxylic acids is 1. The normalized spacial score (nSPS) is 10.9. The first-order valence-electron chi connectivity index (χ1n) is 7.92. The van der Waals surface area contributed by atoms with E-state index in [0.29, 0.717) is 12.2 Å². The van der Waals surface area contributed by atoms with Crippen LogP contribution in [0.25, 0.3) is 20.8 Å². The Morgan fingerprint density at radius 3 is 2.76 bits per heavy atom. The van der Waals surface area contributed by atoms with E-state index in [9.17, 15) is 4.79 Å². The Hall–Kier alpha value is -2.57. The third-order valence-corrected chi connectivity index (χ3v) is 5.77. The second-order valence-electron chi connectivity index (χ2n) is 5.55. The number of aromatic nitrogens is 2. The lowest BCUT2D eigenvalue weighted by atomic mass is 10.2. The highest BCUT2D eigenvalue weighted by atomic mass is 32.1. The van der Waals surface area contributed by atoms with Gasteiger partial charge in [0.15, 0.2) is 0 Å². The minimum absolute atomic E-state index is 0.0198. The molecule has 0 aliphatic rings. The molecular formula is C19H15N3OS2. The summed E-state index contributed by atoms with van der Waals surface area (Å²) < 4.78 is 1.16. The molecule has 4 aromatic rings. The summed E-state index contributed by atoms with van der Waals surface area (Å²) in [6, 6.07) is 15.9. The van der Waals surface area contributed by atoms with Gasteiger partial charge < -0.3 is 5.32 Å². The van der Waals surface area contributed by atoms with Crippen LogP contribution in [0.3, 0.4) is 0 Å². The van der Waals surface area contributed by atoms with Crippen LogP contribution < -0.4 is 5.32 Å². The molecule has 1 N–H and O–H groups in total. The van der Waals surface area contributed by atoms with E-state index < -0.39 is 0 Å². The Kier molecular flexibility index (Phi) is 4.54. The third kappa shape index (κ3) is 3.75. The molecular weight excluding hydrogens is 350 g/mol. The van der Waals surface area contributed by atoms with Gasteiger partial charge in [0.1, 0.15) is 10.8 Å². The average molecular weight is 365 g/mol. The maximum absolute atomic E-state index is 12.0. The Labute approximate surface area is 153 Å². The van der Waals surface area contributed by atoms with Gasteiger partial charge in [-0.1, -0.05) is 18.2 Å². The van der Waals surface area contributed by atoms with Crippen LogP contribution in [0, 0.1) is 0 Å². The number of hydrogen-bond donors (Lipinski definition) is 1. The molecule has 1 aromatic carbocycles. The summed E-state index contributed by atoms with van der Waals surface area (Å²) in [6.07, 6.45) is 2.97. The first-order valence-corrected chi connectivity index (χ1v) is 9.62. The molecule has 0 aliphatic heterocycles. The molecule has 0 unspecified atom stereocenters. The molecule has 3 aromatic heterocycles. The molecule has 3 heterocycles. The quantitative estimate of drug-likeness (QED) is 0.542. The standard InChI is InChI=1S/C19H15N3OS2/c23-18(10-8-14-4-3-11-24-14)22-17-9-7-13(12-20-17)19-21-15-5-1-2-6-16(15)25-19/h1-7,9,11-12H,8,10H2,(H,20,22,23). The predicted octanol–water partition coefficient (Wildman–Crippen LogP) is 4.99. The molecule has 6 heteroatoms. The van der Waals surface area contributed by atoms with Gasteiger partial charge in [0.05, 0.1) is 10.2 Å². The number of rotatable bonds is 5. The van der Waals surface area contributed by atoms with E-state index in [-0.39, 0.29) is 5.91 Å². The molecule has 0 aliphatic carbocycles. The topological polar surface area (TPSA) is 54.9 Å². The number of carbonyl (C=O) groups is 1. The van der Waals surface area contributed by atoms with E-state index in [1.54, 1.807) is 28.9 Å². The van der Waals surface area contributed by atoms with E-state index in [1.165, 1.54) is 4.88 Å². The van der Waals surface area contributed by atoms with Gasteiger partial charge in [-0.25, -0.2) is 9.97 Å². The fourth-order valence-corrected chi connectivity index (χ4v) is 4.15. The van der Waals surface area contributed by atoms with Gasteiger partial charge in [-0.15, -0.1) is 22.7 Å². The van der Waals surface area contributed by atoms with Crippen molar-refractivity contribution >= 4 is 44.6 Å². The Bertz CT molecular complexity index is 958. The lowest BCUT2D eigenvalue weighted by Gasteiger charge is -2.04. The molecule has 4 rings (SSSR count). The first-order chi connectivity index (χ1) is 12.3. The molecule has 0 fully saturated rings. The molecule has 0 radical (unpaired) electrons. The highest BCUT2D eigenvalue weighted by Crippen LogP contribution is 2.29. The summed E-state index contributed by atoms with van der Waals surface area (Å²) in [6.45, 7) is 0. The number of aryl methyl sites for hydroxylation is 1. The van der Waals surface area contributed by atoms with Crippen LogP contribution in [0.5, 0.6) is 0 Å². The van der Waals surface area contributed by atoms with Crippen LogP contribution in [0.2, 0.25) is 0 Å². The van der Waals surface area contributed by atoms with E-state index in [2.05, 4.69) is 21.4 Å². The summed E-state index contributed by atoms with van der Waals surface area (Å²) in [4.78, 5) is 22.2. The maximum Gasteiger partial charge on any atom is 0.225 e. The van der Waals surface area contributed by atoms with E-state index in [0.717, 1.165) is 27.2 Å². The average Bonchev–Trinajstić information content (AvgIpc) is 3.30. The highest BCUT2D eigenvalue weighted by Gasteiger charge is 2.08. The number of pyridine rings is 1. The zero-order valence-electron chi connectivity index (χ0n) is 13.3. The summed E-state index contributed by atoms with van der Waals surface area (Å²) in [7, 11) is 0. The van der Waals surface area contributed by atoms with Crippen LogP contribution in [-0.4, -0.2) is 15.9 Å². The number of amides is 1. The van der Waals surface area contributed by atoms with Crippen LogP contribution >= 0.6 is 22.7 Å². The molecule has 0 saturated heterocycles. The number of thiophene rings is 1. The minimum atomic E-state index is -0.0198. The van der Waals surface area contributed by atoms with Crippen molar-refractivity contribution in [1.82, 2.24) is 9.97 Å². The van der Waals surface area contributed by atoms with Gasteiger partial charge in [-0.05, 0) is 42.1 Å². The van der Waals surface area contributed by atoms with Gasteiger partial charge >= 0.3 is 0 Å². The lowest BCUT2D eigenvalue weighted by Crippen LogP contribution is -2.13. The summed E-state index contributed by atoms with van der Waals surface area (Å²) >= 11 is 3.31. The Morgan fingerprint density at radius 1 is 1.08 bits per heavy atom. The van der Waals surface area contributed by atoms with Crippen molar-refractivity contribution in [3.05, 3.63) is 65.0 Å². The van der Waals surface area contributed by atoms with Crippen molar-refractivity contribution in [2.45, 2.75) is 12.8 Å². The maximum atomic E-state index is 12.0. The fourth-order valence-electron chi connectivity index (χ4n) is 2.49. The molecule has 1 amide bonds. The Morgan fingerprint density at radius 2 is 2.00 bits per heavy atom. The molecule has 0 saturated carbocycles. The van der Waals surface area contributed by atoms with Crippen LogP contribution in [-0.2, 0) is 11.2 Å². The number of hydrogen-bond acceptors (Lipinski definition) is 5. The first kappa shape index (κ1) is 15.9. The SMILES string of the molecule is O=C(CCc1cccs1)Nc1ccc(-c2nc3ccccc3s2)cn1. The zero-order valence-corrected chi connectivity index (χ0v) is 14.9. The molecule has 0 spiro atoms. The number of para-hydroxylation sites is 1. The van der Waals surface area contributed by atoms with Crippen molar-refractivity contribution in [3.63, 3.8) is 0 Å². The smallest absolute Gasteiger partial charge is 0.225 e. The summed E-state index contributed by atoms with van der Waals surface area (Å²) in [5, 5.41) is 5.81. The van der Waals surface area contributed by atoms with E-state index in [1.807, 2.05) is 47.8 Å².